The summed E-state index contributed by atoms with van der Waals surface area (Å²) in [5, 5.41) is 3.51. The summed E-state index contributed by atoms with van der Waals surface area (Å²) in [5.41, 5.74) is 1.31. The molecule has 0 N–H and O–H groups in total. The van der Waals surface area contributed by atoms with Gasteiger partial charge in [-0.05, 0) is 34.5 Å². The van der Waals surface area contributed by atoms with Gasteiger partial charge in [0.1, 0.15) is 0 Å². The lowest BCUT2D eigenvalue weighted by Crippen LogP contribution is -2.48. The van der Waals surface area contributed by atoms with Gasteiger partial charge in [-0.3, -0.25) is 4.90 Å². The second-order valence-corrected chi connectivity index (χ2v) is 10.4. The third-order valence-corrected chi connectivity index (χ3v) is 8.55. The van der Waals surface area contributed by atoms with Gasteiger partial charge in [-0.2, -0.15) is 4.31 Å². The molecular weight excluding hydrogens is 420 g/mol. The Balaban J connectivity index is 1.27. The first-order chi connectivity index (χ1) is 14.6. The highest BCUT2D eigenvalue weighted by Gasteiger charge is 2.29. The smallest absolute Gasteiger partial charge is 0.243 e. The van der Waals surface area contributed by atoms with Gasteiger partial charge in [0.05, 0.1) is 18.1 Å². The molecule has 2 aliphatic heterocycles. The van der Waals surface area contributed by atoms with Crippen LogP contribution in [0.1, 0.15) is 12.0 Å². The van der Waals surface area contributed by atoms with Crippen molar-refractivity contribution in [1.29, 1.82) is 0 Å². The van der Waals surface area contributed by atoms with Crippen LogP contribution in [-0.4, -0.2) is 57.0 Å². The third-order valence-electron chi connectivity index (χ3n) is 5.64. The van der Waals surface area contributed by atoms with Crippen molar-refractivity contribution in [2.75, 3.05) is 39.4 Å². The molecule has 0 amide bonds. The minimum absolute atomic E-state index is 0.268. The molecule has 3 heterocycles. The van der Waals surface area contributed by atoms with Crippen molar-refractivity contribution in [2.24, 2.45) is 0 Å². The van der Waals surface area contributed by atoms with E-state index in [2.05, 4.69) is 34.5 Å². The summed E-state index contributed by atoms with van der Waals surface area (Å²) in [7, 11) is -3.55. The Bertz CT molecular complexity index is 1150. The van der Waals surface area contributed by atoms with Crippen LogP contribution in [0.3, 0.4) is 0 Å². The Kier molecular flexibility index (Phi) is 5.41. The van der Waals surface area contributed by atoms with Gasteiger partial charge in [0.15, 0.2) is 11.5 Å². The topological polar surface area (TPSA) is 59.1 Å². The molecule has 30 heavy (non-hydrogen) atoms. The fourth-order valence-corrected chi connectivity index (χ4v) is 6.37. The van der Waals surface area contributed by atoms with E-state index in [9.17, 15) is 8.42 Å². The molecule has 6 nitrogen and oxygen atoms in total. The van der Waals surface area contributed by atoms with Gasteiger partial charge < -0.3 is 9.47 Å². The first kappa shape index (κ1) is 19.8. The predicted octanol–water partition coefficient (Wildman–Crippen LogP) is 3.57. The first-order valence-corrected chi connectivity index (χ1v) is 12.5. The second kappa shape index (κ2) is 8.19. The van der Waals surface area contributed by atoms with Crippen LogP contribution in [0.25, 0.3) is 10.1 Å². The highest BCUT2D eigenvalue weighted by Crippen LogP contribution is 2.33. The van der Waals surface area contributed by atoms with Crippen molar-refractivity contribution in [3.8, 4) is 11.5 Å². The monoisotopic (exact) mass is 444 g/mol. The van der Waals surface area contributed by atoms with Crippen molar-refractivity contribution < 1.29 is 17.9 Å². The fraction of sp³-hybridized carbons (Fsp3) is 0.364. The molecule has 5 rings (SSSR count). The lowest BCUT2D eigenvalue weighted by atomic mass is 10.1. The summed E-state index contributed by atoms with van der Waals surface area (Å²) in [6, 6.07) is 13.3. The van der Waals surface area contributed by atoms with E-state index < -0.39 is 10.0 Å². The number of ether oxygens (including phenoxy) is 2. The molecule has 0 atom stereocenters. The third kappa shape index (κ3) is 3.80. The number of rotatable bonds is 4. The molecule has 0 unspecified atom stereocenters. The number of thiophene rings is 1. The average Bonchev–Trinajstić information content (AvgIpc) is 3.02. The van der Waals surface area contributed by atoms with Crippen molar-refractivity contribution in [3.05, 3.63) is 53.4 Å². The van der Waals surface area contributed by atoms with E-state index in [1.54, 1.807) is 33.8 Å². The van der Waals surface area contributed by atoms with Crippen LogP contribution in [-0.2, 0) is 16.6 Å². The van der Waals surface area contributed by atoms with Crippen LogP contribution in [0.2, 0.25) is 0 Å². The summed E-state index contributed by atoms with van der Waals surface area (Å²) in [6.07, 6.45) is 0.790. The van der Waals surface area contributed by atoms with Gasteiger partial charge in [0.2, 0.25) is 10.0 Å². The Hall–Kier alpha value is -2.13. The van der Waals surface area contributed by atoms with E-state index in [1.165, 1.54) is 15.6 Å². The predicted molar refractivity (Wildman–Crippen MR) is 118 cm³/mol. The number of fused-ring (bicyclic) bond motifs is 2. The van der Waals surface area contributed by atoms with Gasteiger partial charge in [-0.25, -0.2) is 8.42 Å². The minimum atomic E-state index is -3.55. The number of piperazine rings is 1. The van der Waals surface area contributed by atoms with E-state index in [1.807, 2.05) is 0 Å². The standard InChI is InChI=1S/C22H24N2O4S2/c25-30(26,18-6-7-20-21(14-18)28-13-3-12-27-20)24-10-8-23(9-11-24)15-17-16-29-22-5-2-1-4-19(17)22/h1-2,4-7,14,16H,3,8-13,15H2. The van der Waals surface area contributed by atoms with Gasteiger partial charge >= 0.3 is 0 Å². The quantitative estimate of drug-likeness (QED) is 0.616. The molecule has 8 heteroatoms. The fourth-order valence-electron chi connectivity index (χ4n) is 3.98. The summed E-state index contributed by atoms with van der Waals surface area (Å²) >= 11 is 1.76. The lowest BCUT2D eigenvalue weighted by molar-refractivity contribution is 0.182. The van der Waals surface area contributed by atoms with E-state index in [0.29, 0.717) is 50.9 Å². The molecule has 1 fully saturated rings. The van der Waals surface area contributed by atoms with Gasteiger partial charge in [0.25, 0.3) is 0 Å². The Morgan fingerprint density at radius 2 is 1.70 bits per heavy atom. The maximum atomic E-state index is 13.2. The first-order valence-electron chi connectivity index (χ1n) is 10.2. The average molecular weight is 445 g/mol. The molecule has 0 radical (unpaired) electrons. The van der Waals surface area contributed by atoms with Crippen LogP contribution in [0, 0.1) is 0 Å². The lowest BCUT2D eigenvalue weighted by Gasteiger charge is -2.34. The molecule has 1 saturated heterocycles. The number of sulfonamides is 1. The molecule has 1 aromatic heterocycles. The van der Waals surface area contributed by atoms with Crippen LogP contribution in [0.5, 0.6) is 11.5 Å². The van der Waals surface area contributed by atoms with Crippen LogP contribution in [0.4, 0.5) is 0 Å². The zero-order valence-corrected chi connectivity index (χ0v) is 18.3. The van der Waals surface area contributed by atoms with E-state index in [4.69, 9.17) is 9.47 Å². The summed E-state index contributed by atoms with van der Waals surface area (Å²) in [6.45, 7) is 4.37. The maximum absolute atomic E-state index is 13.2. The Morgan fingerprint density at radius 1 is 0.933 bits per heavy atom. The molecule has 0 saturated carbocycles. The van der Waals surface area contributed by atoms with Crippen molar-refractivity contribution >= 4 is 31.4 Å². The molecule has 2 aliphatic rings. The van der Waals surface area contributed by atoms with E-state index in [-0.39, 0.29) is 4.90 Å². The summed E-state index contributed by atoms with van der Waals surface area (Å²) in [4.78, 5) is 2.60. The normalized spacial score (nSPS) is 18.4. The van der Waals surface area contributed by atoms with E-state index in [0.717, 1.165) is 13.0 Å². The Labute approximate surface area is 180 Å². The highest BCUT2D eigenvalue weighted by atomic mass is 32.2. The van der Waals surface area contributed by atoms with Crippen molar-refractivity contribution in [2.45, 2.75) is 17.9 Å². The van der Waals surface area contributed by atoms with Crippen LogP contribution < -0.4 is 9.47 Å². The molecule has 158 valence electrons. The molecule has 0 aliphatic carbocycles. The molecule has 3 aromatic rings. The highest BCUT2D eigenvalue weighted by molar-refractivity contribution is 7.89. The van der Waals surface area contributed by atoms with Crippen molar-refractivity contribution in [1.82, 2.24) is 9.21 Å². The molecule has 0 spiro atoms. The summed E-state index contributed by atoms with van der Waals surface area (Å²) in [5.74, 6) is 1.12. The SMILES string of the molecule is O=S(=O)(c1ccc2c(c1)OCCCO2)N1CCN(Cc2csc3ccccc23)CC1. The Morgan fingerprint density at radius 3 is 2.53 bits per heavy atom. The van der Waals surface area contributed by atoms with Crippen LogP contribution in [0.15, 0.2) is 52.7 Å². The second-order valence-electron chi connectivity index (χ2n) is 7.60. The molecule has 2 aromatic carbocycles. The summed E-state index contributed by atoms with van der Waals surface area (Å²) < 4.78 is 40.5. The largest absolute Gasteiger partial charge is 0.490 e. The number of nitrogens with zero attached hydrogens (tertiary/aromatic N) is 2. The van der Waals surface area contributed by atoms with E-state index >= 15 is 0 Å². The minimum Gasteiger partial charge on any atom is -0.490 e. The van der Waals surface area contributed by atoms with Crippen LogP contribution >= 0.6 is 11.3 Å². The van der Waals surface area contributed by atoms with Gasteiger partial charge in [-0.15, -0.1) is 11.3 Å². The number of hydrogen-bond donors (Lipinski definition) is 0. The maximum Gasteiger partial charge on any atom is 0.243 e. The van der Waals surface area contributed by atoms with Gasteiger partial charge in [0, 0.05) is 49.9 Å². The van der Waals surface area contributed by atoms with Crippen molar-refractivity contribution in [3.63, 3.8) is 0 Å². The zero-order valence-electron chi connectivity index (χ0n) is 16.6. The number of hydrogen-bond acceptors (Lipinski definition) is 6. The molecule has 0 bridgehead atoms. The molecular formula is C22H24N2O4S2. The number of benzene rings is 2. The van der Waals surface area contributed by atoms with Gasteiger partial charge in [-0.1, -0.05) is 18.2 Å². The zero-order chi connectivity index (χ0) is 20.6.